The fourth-order valence-corrected chi connectivity index (χ4v) is 2.98. The van der Waals surface area contributed by atoms with E-state index >= 15 is 0 Å². The molecule has 0 atom stereocenters. The third-order valence-electron chi connectivity index (χ3n) is 2.93. The second kappa shape index (κ2) is 9.60. The lowest BCUT2D eigenvalue weighted by Gasteiger charge is -2.08. The number of thiazole rings is 1. The highest BCUT2D eigenvalue weighted by atomic mass is 35.5. The summed E-state index contributed by atoms with van der Waals surface area (Å²) in [6, 6.07) is 4.95. The zero-order valence-electron chi connectivity index (χ0n) is 13.4. The third kappa shape index (κ3) is 6.19. The van der Waals surface area contributed by atoms with Crippen LogP contribution < -0.4 is 10.1 Å². The van der Waals surface area contributed by atoms with Crippen molar-refractivity contribution in [3.05, 3.63) is 39.3 Å². The van der Waals surface area contributed by atoms with Crippen molar-refractivity contribution in [1.29, 1.82) is 0 Å². The lowest BCUT2D eigenvalue weighted by molar-refractivity contribution is -0.116. The Morgan fingerprint density at radius 1 is 1.32 bits per heavy atom. The van der Waals surface area contributed by atoms with Gasteiger partial charge in [0.1, 0.15) is 5.75 Å². The van der Waals surface area contributed by atoms with Crippen molar-refractivity contribution in [3.8, 4) is 5.75 Å². The van der Waals surface area contributed by atoms with Crippen LogP contribution in [0.3, 0.4) is 0 Å². The summed E-state index contributed by atoms with van der Waals surface area (Å²) in [5, 5.41) is 5.49. The van der Waals surface area contributed by atoms with Crippen LogP contribution in [-0.4, -0.2) is 30.1 Å². The van der Waals surface area contributed by atoms with Crippen molar-refractivity contribution in [2.24, 2.45) is 0 Å². The van der Waals surface area contributed by atoms with Crippen LogP contribution in [0.1, 0.15) is 30.3 Å². The maximum Gasteiger partial charge on any atom is 0.357 e. The number of benzene rings is 1. The number of amides is 1. The third-order valence-corrected chi connectivity index (χ3v) is 4.22. The molecule has 1 aromatic heterocycles. The smallest absolute Gasteiger partial charge is 0.357 e. The first-order valence-electron chi connectivity index (χ1n) is 7.50. The first-order valence-corrected chi connectivity index (χ1v) is 9.13. The van der Waals surface area contributed by atoms with Crippen molar-refractivity contribution in [3.63, 3.8) is 0 Å². The number of carbonyl (C=O) groups is 2. The van der Waals surface area contributed by atoms with Crippen LogP contribution in [0.4, 0.5) is 5.13 Å². The van der Waals surface area contributed by atoms with Crippen LogP contribution in [0.15, 0.2) is 23.6 Å². The fourth-order valence-electron chi connectivity index (χ4n) is 1.82. The molecule has 0 saturated carbocycles. The summed E-state index contributed by atoms with van der Waals surface area (Å²) in [5.74, 6) is -0.200. The van der Waals surface area contributed by atoms with Gasteiger partial charge in [-0.2, -0.15) is 0 Å². The fraction of sp³-hybridized carbons (Fsp3) is 0.312. The van der Waals surface area contributed by atoms with E-state index in [1.54, 1.807) is 30.5 Å². The summed E-state index contributed by atoms with van der Waals surface area (Å²) in [6.07, 6.45) is 0.750. The number of nitrogens with zero attached hydrogens (tertiary/aromatic N) is 1. The van der Waals surface area contributed by atoms with Gasteiger partial charge in [0.25, 0.3) is 0 Å². The van der Waals surface area contributed by atoms with Gasteiger partial charge in [0.05, 0.1) is 18.2 Å². The topological polar surface area (TPSA) is 77.5 Å². The number of aromatic nitrogens is 1. The summed E-state index contributed by atoms with van der Waals surface area (Å²) in [6.45, 7) is 2.32. The minimum absolute atomic E-state index is 0.183. The van der Waals surface area contributed by atoms with E-state index in [-0.39, 0.29) is 24.6 Å². The largest absolute Gasteiger partial charge is 0.492 e. The Hall–Kier alpha value is -1.83. The van der Waals surface area contributed by atoms with E-state index in [0.29, 0.717) is 34.0 Å². The summed E-state index contributed by atoms with van der Waals surface area (Å²) in [5.41, 5.74) is 0.183. The van der Waals surface area contributed by atoms with Gasteiger partial charge in [-0.1, -0.05) is 23.2 Å². The molecule has 1 N–H and O–H groups in total. The number of halogens is 2. The number of hydrogen-bond acceptors (Lipinski definition) is 6. The predicted octanol–water partition coefficient (Wildman–Crippen LogP) is 4.42. The minimum Gasteiger partial charge on any atom is -0.492 e. The van der Waals surface area contributed by atoms with Crippen molar-refractivity contribution in [2.45, 2.75) is 19.8 Å². The Balaban J connectivity index is 1.73. The first kappa shape index (κ1) is 19.5. The molecule has 0 saturated heterocycles. The SMILES string of the molecule is CCOC(=O)c1csc(NC(=O)CCCOc2ccc(Cl)cc2Cl)n1. The molecule has 134 valence electrons. The molecular formula is C16H16Cl2N2O4S. The Kier molecular flexibility index (Phi) is 7.49. The van der Waals surface area contributed by atoms with E-state index in [0.717, 1.165) is 0 Å². The molecule has 0 unspecified atom stereocenters. The van der Waals surface area contributed by atoms with Crippen molar-refractivity contribution in [1.82, 2.24) is 4.98 Å². The van der Waals surface area contributed by atoms with Gasteiger partial charge in [-0.25, -0.2) is 9.78 Å². The summed E-state index contributed by atoms with van der Waals surface area (Å²) < 4.78 is 10.4. The summed E-state index contributed by atoms with van der Waals surface area (Å²) in [7, 11) is 0. The normalized spacial score (nSPS) is 10.4. The maximum absolute atomic E-state index is 11.9. The van der Waals surface area contributed by atoms with E-state index in [4.69, 9.17) is 32.7 Å². The van der Waals surface area contributed by atoms with Crippen molar-refractivity contribution in [2.75, 3.05) is 18.5 Å². The monoisotopic (exact) mass is 402 g/mol. The Bertz CT molecular complexity index is 751. The lowest BCUT2D eigenvalue weighted by Crippen LogP contribution is -2.13. The number of carbonyl (C=O) groups excluding carboxylic acids is 2. The van der Waals surface area contributed by atoms with Gasteiger partial charge >= 0.3 is 5.97 Å². The number of nitrogens with one attached hydrogen (secondary N) is 1. The minimum atomic E-state index is -0.507. The van der Waals surface area contributed by atoms with Crippen LogP contribution in [0.5, 0.6) is 5.75 Å². The highest BCUT2D eigenvalue weighted by Crippen LogP contribution is 2.27. The van der Waals surface area contributed by atoms with Gasteiger partial charge in [-0.3, -0.25) is 4.79 Å². The van der Waals surface area contributed by atoms with Gasteiger partial charge in [0.2, 0.25) is 5.91 Å². The van der Waals surface area contributed by atoms with Crippen LogP contribution in [-0.2, 0) is 9.53 Å². The number of rotatable bonds is 8. The molecule has 6 nitrogen and oxygen atoms in total. The molecule has 0 aliphatic heterocycles. The second-order valence-corrected chi connectivity index (χ2v) is 6.54. The van der Waals surface area contributed by atoms with Gasteiger partial charge in [-0.15, -0.1) is 11.3 Å². The molecule has 2 rings (SSSR count). The molecule has 25 heavy (non-hydrogen) atoms. The average molecular weight is 403 g/mol. The zero-order valence-corrected chi connectivity index (χ0v) is 15.7. The molecule has 0 radical (unpaired) electrons. The number of anilines is 1. The van der Waals surface area contributed by atoms with E-state index in [2.05, 4.69) is 10.3 Å². The molecule has 9 heteroatoms. The van der Waals surface area contributed by atoms with Gasteiger partial charge in [0, 0.05) is 16.8 Å². The maximum atomic E-state index is 11.9. The van der Waals surface area contributed by atoms with Crippen molar-refractivity contribution >= 4 is 51.5 Å². The number of esters is 1. The van der Waals surface area contributed by atoms with Gasteiger partial charge < -0.3 is 14.8 Å². The first-order chi connectivity index (χ1) is 12.0. The Morgan fingerprint density at radius 2 is 2.12 bits per heavy atom. The van der Waals surface area contributed by atoms with Gasteiger partial charge in [-0.05, 0) is 31.5 Å². The van der Waals surface area contributed by atoms with E-state index in [1.165, 1.54) is 11.3 Å². The van der Waals surface area contributed by atoms with Gasteiger partial charge in [0.15, 0.2) is 10.8 Å². The van der Waals surface area contributed by atoms with Crippen LogP contribution >= 0.6 is 34.5 Å². The van der Waals surface area contributed by atoms with Crippen LogP contribution in [0.25, 0.3) is 0 Å². The highest BCUT2D eigenvalue weighted by molar-refractivity contribution is 7.14. The molecule has 0 aliphatic carbocycles. The molecule has 2 aromatic rings. The molecule has 1 heterocycles. The Labute approximate surface area is 159 Å². The second-order valence-electron chi connectivity index (χ2n) is 4.83. The zero-order chi connectivity index (χ0) is 18.2. The molecule has 0 aliphatic rings. The number of ether oxygens (including phenoxy) is 2. The van der Waals surface area contributed by atoms with E-state index < -0.39 is 5.97 Å². The van der Waals surface area contributed by atoms with Crippen molar-refractivity contribution < 1.29 is 19.1 Å². The predicted molar refractivity (Wildman–Crippen MR) is 97.9 cm³/mol. The quantitative estimate of drug-likeness (QED) is 0.521. The molecule has 0 spiro atoms. The molecule has 0 fully saturated rings. The lowest BCUT2D eigenvalue weighted by atomic mass is 10.3. The summed E-state index contributed by atoms with van der Waals surface area (Å²) >= 11 is 13.0. The van der Waals surface area contributed by atoms with Crippen LogP contribution in [0, 0.1) is 0 Å². The molecule has 1 aromatic carbocycles. The highest BCUT2D eigenvalue weighted by Gasteiger charge is 2.13. The molecule has 0 bridgehead atoms. The van der Waals surface area contributed by atoms with E-state index in [1.807, 2.05) is 0 Å². The molecule has 1 amide bonds. The van der Waals surface area contributed by atoms with Crippen LogP contribution in [0.2, 0.25) is 10.0 Å². The van der Waals surface area contributed by atoms with E-state index in [9.17, 15) is 9.59 Å². The molecular weight excluding hydrogens is 387 g/mol. The average Bonchev–Trinajstić information content (AvgIpc) is 3.02. The Morgan fingerprint density at radius 3 is 2.84 bits per heavy atom. The summed E-state index contributed by atoms with van der Waals surface area (Å²) in [4.78, 5) is 27.4. The number of hydrogen-bond donors (Lipinski definition) is 1. The standard InChI is InChI=1S/C16H16Cl2N2O4S/c1-2-23-15(22)12-9-25-16(19-12)20-14(21)4-3-7-24-13-6-5-10(17)8-11(13)18/h5-6,8-9H,2-4,7H2,1H3,(H,19,20,21).